The Morgan fingerprint density at radius 2 is 1.86 bits per heavy atom. The first-order chi connectivity index (χ1) is 10.4. The van der Waals surface area contributed by atoms with Crippen LogP contribution in [0.25, 0.3) is 0 Å². The molecule has 114 valence electrons. The van der Waals surface area contributed by atoms with E-state index in [0.717, 1.165) is 5.56 Å². The molecule has 1 aromatic heterocycles. The Bertz CT molecular complexity index is 660. The molecular weight excluding hydrogens is 295 g/mol. The highest BCUT2D eigenvalue weighted by molar-refractivity contribution is 5.45. The van der Waals surface area contributed by atoms with Crippen LogP contribution in [0.3, 0.4) is 0 Å². The fourth-order valence-electron chi connectivity index (χ4n) is 1.84. The molecule has 1 heterocycles. The van der Waals surface area contributed by atoms with E-state index in [1.165, 1.54) is 18.3 Å². The Morgan fingerprint density at radius 1 is 1.18 bits per heavy atom. The highest BCUT2D eigenvalue weighted by Crippen LogP contribution is 2.25. The number of anilines is 1. The van der Waals surface area contributed by atoms with Crippen LogP contribution in [0.4, 0.5) is 18.9 Å². The molecule has 2 rings (SSSR count). The Hall–Kier alpha value is -2.75. The normalized spacial score (nSPS) is 12.3. The highest BCUT2D eigenvalue weighted by Gasteiger charge is 2.30. The van der Waals surface area contributed by atoms with Gasteiger partial charge in [-0.3, -0.25) is 0 Å². The van der Waals surface area contributed by atoms with Gasteiger partial charge in [0, 0.05) is 6.04 Å². The highest BCUT2D eigenvalue weighted by atomic mass is 19.4. The lowest BCUT2D eigenvalue weighted by Crippen LogP contribution is -2.17. The number of halogens is 3. The zero-order valence-electron chi connectivity index (χ0n) is 11.6. The number of nitriles is 1. The van der Waals surface area contributed by atoms with Gasteiger partial charge < -0.3 is 10.1 Å². The summed E-state index contributed by atoms with van der Waals surface area (Å²) in [5.74, 6) is -0.261. The van der Waals surface area contributed by atoms with Crippen LogP contribution < -0.4 is 10.1 Å². The van der Waals surface area contributed by atoms with E-state index in [-0.39, 0.29) is 11.8 Å². The maximum absolute atomic E-state index is 12.1. The van der Waals surface area contributed by atoms with Crippen LogP contribution in [0.15, 0.2) is 42.6 Å². The lowest BCUT2D eigenvalue weighted by Gasteiger charge is -2.16. The third-order valence-corrected chi connectivity index (χ3v) is 2.87. The molecule has 0 bridgehead atoms. The number of aromatic nitrogens is 1. The molecule has 4 nitrogen and oxygen atoms in total. The van der Waals surface area contributed by atoms with Gasteiger partial charge in [0.2, 0.25) is 0 Å². The predicted molar refractivity (Wildman–Crippen MR) is 74.1 cm³/mol. The van der Waals surface area contributed by atoms with Crippen LogP contribution in [0, 0.1) is 11.3 Å². The van der Waals surface area contributed by atoms with Crippen LogP contribution in [0.2, 0.25) is 0 Å². The number of pyridine rings is 1. The van der Waals surface area contributed by atoms with Crippen LogP contribution in [0.1, 0.15) is 24.2 Å². The second-order valence-electron chi connectivity index (χ2n) is 4.53. The molecule has 0 saturated carbocycles. The largest absolute Gasteiger partial charge is 0.573 e. The molecule has 0 fully saturated rings. The molecule has 0 aliphatic carbocycles. The van der Waals surface area contributed by atoms with Crippen molar-refractivity contribution in [1.29, 1.82) is 5.26 Å². The van der Waals surface area contributed by atoms with Crippen molar-refractivity contribution < 1.29 is 17.9 Å². The summed E-state index contributed by atoms with van der Waals surface area (Å²) in [5, 5.41) is 11.8. The molecule has 0 aliphatic heterocycles. The minimum atomic E-state index is -4.69. The molecule has 0 unspecified atom stereocenters. The standard InChI is InChI=1S/C15H12F3N3O/c1-10(21-13-5-4-12(8-19)20-9-13)11-2-6-14(7-3-11)22-15(16,17)18/h2-7,9-10,21H,1H3/t10-/m0/s1. The summed E-state index contributed by atoms with van der Waals surface area (Å²) in [6.07, 6.45) is -3.17. The molecule has 22 heavy (non-hydrogen) atoms. The van der Waals surface area contributed by atoms with Crippen molar-refractivity contribution in [1.82, 2.24) is 4.98 Å². The van der Waals surface area contributed by atoms with Crippen LogP contribution in [0.5, 0.6) is 5.75 Å². The number of nitrogens with zero attached hydrogens (tertiary/aromatic N) is 2. The maximum Gasteiger partial charge on any atom is 0.573 e. The van der Waals surface area contributed by atoms with Gasteiger partial charge in [-0.25, -0.2) is 4.98 Å². The van der Waals surface area contributed by atoms with Gasteiger partial charge in [-0.1, -0.05) is 12.1 Å². The van der Waals surface area contributed by atoms with E-state index >= 15 is 0 Å². The van der Waals surface area contributed by atoms with Crippen LogP contribution >= 0.6 is 0 Å². The van der Waals surface area contributed by atoms with E-state index in [4.69, 9.17) is 5.26 Å². The van der Waals surface area contributed by atoms with Crippen molar-refractivity contribution in [2.75, 3.05) is 5.32 Å². The third-order valence-electron chi connectivity index (χ3n) is 2.87. The second-order valence-corrected chi connectivity index (χ2v) is 4.53. The van der Waals surface area contributed by atoms with Gasteiger partial charge in [0.15, 0.2) is 0 Å². The summed E-state index contributed by atoms with van der Waals surface area (Å²) >= 11 is 0. The number of benzene rings is 1. The predicted octanol–water partition coefficient (Wildman–Crippen LogP) is 4.02. The average molecular weight is 307 g/mol. The smallest absolute Gasteiger partial charge is 0.406 e. The average Bonchev–Trinajstić information content (AvgIpc) is 2.47. The van der Waals surface area contributed by atoms with Crippen molar-refractivity contribution in [3.63, 3.8) is 0 Å². The molecule has 0 spiro atoms. The van der Waals surface area contributed by atoms with Gasteiger partial charge in [0.25, 0.3) is 0 Å². The summed E-state index contributed by atoms with van der Waals surface area (Å²) < 4.78 is 40.1. The van der Waals surface area contributed by atoms with Gasteiger partial charge in [-0.15, -0.1) is 13.2 Å². The fraction of sp³-hybridized carbons (Fsp3) is 0.200. The summed E-state index contributed by atoms with van der Waals surface area (Å²) in [6, 6.07) is 10.7. The third kappa shape index (κ3) is 4.38. The molecule has 0 amide bonds. The Kier molecular flexibility index (Phi) is 4.51. The first-order valence-corrected chi connectivity index (χ1v) is 6.36. The first kappa shape index (κ1) is 15.6. The van der Waals surface area contributed by atoms with Crippen LogP contribution in [-0.4, -0.2) is 11.3 Å². The number of nitrogens with one attached hydrogen (secondary N) is 1. The minimum absolute atomic E-state index is 0.144. The van der Waals surface area contributed by atoms with Crippen molar-refractivity contribution in [3.05, 3.63) is 53.9 Å². The SMILES string of the molecule is C[C@H](Nc1ccc(C#N)nc1)c1ccc(OC(F)(F)F)cc1. The van der Waals surface area contributed by atoms with E-state index in [2.05, 4.69) is 15.0 Å². The molecule has 1 aromatic carbocycles. The topological polar surface area (TPSA) is 57.9 Å². The lowest BCUT2D eigenvalue weighted by molar-refractivity contribution is -0.274. The Morgan fingerprint density at radius 3 is 2.36 bits per heavy atom. The van der Waals surface area contributed by atoms with E-state index in [9.17, 15) is 13.2 Å². The fourth-order valence-corrected chi connectivity index (χ4v) is 1.84. The van der Waals surface area contributed by atoms with E-state index < -0.39 is 6.36 Å². The second kappa shape index (κ2) is 6.35. The van der Waals surface area contributed by atoms with E-state index in [1.807, 2.05) is 13.0 Å². The minimum Gasteiger partial charge on any atom is -0.406 e. The first-order valence-electron chi connectivity index (χ1n) is 6.36. The number of alkyl halides is 3. The summed E-state index contributed by atoms with van der Waals surface area (Å²) in [6.45, 7) is 1.86. The zero-order chi connectivity index (χ0) is 16.2. The van der Waals surface area contributed by atoms with Gasteiger partial charge in [-0.2, -0.15) is 5.26 Å². The van der Waals surface area contributed by atoms with Gasteiger partial charge >= 0.3 is 6.36 Å². The maximum atomic E-state index is 12.1. The number of hydrogen-bond acceptors (Lipinski definition) is 4. The quantitative estimate of drug-likeness (QED) is 0.926. The number of hydrogen-bond donors (Lipinski definition) is 1. The molecule has 0 radical (unpaired) electrons. The molecule has 1 atom stereocenters. The summed E-state index contributed by atoms with van der Waals surface area (Å²) in [7, 11) is 0. The van der Waals surface area contributed by atoms with Crippen molar-refractivity contribution >= 4 is 5.69 Å². The molecule has 7 heteroatoms. The van der Waals surface area contributed by atoms with Gasteiger partial charge in [0.1, 0.15) is 17.5 Å². The van der Waals surface area contributed by atoms with E-state index in [0.29, 0.717) is 11.4 Å². The number of ether oxygens (including phenoxy) is 1. The monoisotopic (exact) mass is 307 g/mol. The van der Waals surface area contributed by atoms with Gasteiger partial charge in [-0.05, 0) is 36.8 Å². The van der Waals surface area contributed by atoms with Gasteiger partial charge in [0.05, 0.1) is 11.9 Å². The Balaban J connectivity index is 2.03. The number of rotatable bonds is 4. The van der Waals surface area contributed by atoms with Crippen LogP contribution in [-0.2, 0) is 0 Å². The van der Waals surface area contributed by atoms with Crippen molar-refractivity contribution in [3.8, 4) is 11.8 Å². The molecule has 1 N–H and O–H groups in total. The molecule has 0 saturated heterocycles. The van der Waals surface area contributed by atoms with Crippen molar-refractivity contribution in [2.45, 2.75) is 19.3 Å². The summed E-state index contributed by atoms with van der Waals surface area (Å²) in [4.78, 5) is 3.93. The Labute approximate surface area is 125 Å². The lowest BCUT2D eigenvalue weighted by atomic mass is 10.1. The molecular formula is C15H12F3N3O. The summed E-state index contributed by atoms with van der Waals surface area (Å²) in [5.41, 5.74) is 1.81. The van der Waals surface area contributed by atoms with Crippen molar-refractivity contribution in [2.24, 2.45) is 0 Å². The molecule has 0 aliphatic rings. The van der Waals surface area contributed by atoms with E-state index in [1.54, 1.807) is 24.3 Å². The zero-order valence-corrected chi connectivity index (χ0v) is 11.6. The molecule has 2 aromatic rings.